The molecule has 0 aliphatic rings. The van der Waals surface area contributed by atoms with Crippen molar-refractivity contribution in [3.05, 3.63) is 52.3 Å². The molecule has 3 N–H and O–H groups in total. The van der Waals surface area contributed by atoms with Crippen molar-refractivity contribution in [1.29, 1.82) is 0 Å². The molecule has 0 unspecified atom stereocenters. The summed E-state index contributed by atoms with van der Waals surface area (Å²) in [6.45, 7) is 1.84. The predicted octanol–water partition coefficient (Wildman–Crippen LogP) is 3.28. The van der Waals surface area contributed by atoms with Crippen molar-refractivity contribution < 1.29 is 12.8 Å². The summed E-state index contributed by atoms with van der Waals surface area (Å²) >= 11 is 3.32. The number of halogens is 2. The third-order valence-corrected chi connectivity index (χ3v) is 5.19. The average Bonchev–Trinajstić information content (AvgIpc) is 2.34. The van der Waals surface area contributed by atoms with Crippen molar-refractivity contribution in [1.82, 2.24) is 0 Å². The maximum Gasteiger partial charge on any atom is 0.263 e. The Bertz CT molecular complexity index is 763. The van der Waals surface area contributed by atoms with Gasteiger partial charge in [-0.1, -0.05) is 12.1 Å². The van der Waals surface area contributed by atoms with Gasteiger partial charge in [0, 0.05) is 4.47 Å². The van der Waals surface area contributed by atoms with E-state index in [9.17, 15) is 12.8 Å². The fourth-order valence-electron chi connectivity index (χ4n) is 1.69. The molecule has 7 heteroatoms. The van der Waals surface area contributed by atoms with E-state index in [0.29, 0.717) is 10.2 Å². The standard InChI is InChI=1S/C13H12BrFN2O2S/c1-8-3-2-4-11(13(8)14)17-20(18,19)12-6-5-9(15)7-10(12)16/h2-7,17H,16H2,1H3. The number of aryl methyl sites for hydroxylation is 1. The lowest BCUT2D eigenvalue weighted by atomic mass is 10.2. The summed E-state index contributed by atoms with van der Waals surface area (Å²) in [7, 11) is -3.87. The lowest BCUT2D eigenvalue weighted by Gasteiger charge is -2.12. The van der Waals surface area contributed by atoms with E-state index in [1.54, 1.807) is 12.1 Å². The molecule has 0 saturated carbocycles. The van der Waals surface area contributed by atoms with E-state index in [0.717, 1.165) is 23.8 Å². The summed E-state index contributed by atoms with van der Waals surface area (Å²) < 4.78 is 40.6. The summed E-state index contributed by atoms with van der Waals surface area (Å²) in [4.78, 5) is -0.160. The second-order valence-corrected chi connectivity index (χ2v) is 6.67. The Morgan fingerprint density at radius 2 is 1.95 bits per heavy atom. The highest BCUT2D eigenvalue weighted by atomic mass is 79.9. The molecule has 20 heavy (non-hydrogen) atoms. The van der Waals surface area contributed by atoms with Gasteiger partial charge in [0.15, 0.2) is 0 Å². The van der Waals surface area contributed by atoms with Gasteiger partial charge >= 0.3 is 0 Å². The van der Waals surface area contributed by atoms with Crippen LogP contribution in [-0.4, -0.2) is 8.42 Å². The smallest absolute Gasteiger partial charge is 0.263 e. The van der Waals surface area contributed by atoms with E-state index >= 15 is 0 Å². The van der Waals surface area contributed by atoms with Crippen LogP contribution in [0.5, 0.6) is 0 Å². The molecule has 0 bridgehead atoms. The Labute approximate surface area is 125 Å². The highest BCUT2D eigenvalue weighted by Crippen LogP contribution is 2.29. The number of hydrogen-bond acceptors (Lipinski definition) is 3. The van der Waals surface area contributed by atoms with Gasteiger partial charge < -0.3 is 5.73 Å². The van der Waals surface area contributed by atoms with E-state index < -0.39 is 15.8 Å². The van der Waals surface area contributed by atoms with Crippen LogP contribution < -0.4 is 10.5 Å². The molecule has 0 spiro atoms. The second-order valence-electron chi connectivity index (χ2n) is 4.22. The first-order valence-electron chi connectivity index (χ1n) is 5.64. The topological polar surface area (TPSA) is 72.2 Å². The first-order chi connectivity index (χ1) is 9.31. The van der Waals surface area contributed by atoms with Crippen molar-refractivity contribution in [2.45, 2.75) is 11.8 Å². The zero-order chi connectivity index (χ0) is 14.9. The zero-order valence-corrected chi connectivity index (χ0v) is 12.9. The first-order valence-corrected chi connectivity index (χ1v) is 7.92. The number of nitrogen functional groups attached to an aromatic ring is 1. The largest absolute Gasteiger partial charge is 0.398 e. The van der Waals surface area contributed by atoms with Crippen molar-refractivity contribution in [3.8, 4) is 0 Å². The zero-order valence-electron chi connectivity index (χ0n) is 10.5. The van der Waals surface area contributed by atoms with Crippen LogP contribution in [0.2, 0.25) is 0 Å². The van der Waals surface area contributed by atoms with E-state index in [1.807, 2.05) is 13.0 Å². The van der Waals surface area contributed by atoms with Gasteiger partial charge in [-0.05, 0) is 52.7 Å². The molecular weight excluding hydrogens is 347 g/mol. The molecule has 2 aromatic rings. The summed E-state index contributed by atoms with van der Waals surface area (Å²) in [6.07, 6.45) is 0. The summed E-state index contributed by atoms with van der Waals surface area (Å²) in [5.74, 6) is -0.585. The second kappa shape index (κ2) is 5.41. The maximum atomic E-state index is 13.0. The first kappa shape index (κ1) is 14.8. The quantitative estimate of drug-likeness (QED) is 0.827. The molecule has 106 valence electrons. The van der Waals surface area contributed by atoms with Crippen molar-refractivity contribution >= 4 is 37.3 Å². The number of anilines is 2. The molecule has 0 atom stereocenters. The van der Waals surface area contributed by atoms with Gasteiger partial charge in [0.2, 0.25) is 0 Å². The fraction of sp³-hybridized carbons (Fsp3) is 0.0769. The van der Waals surface area contributed by atoms with E-state index in [-0.39, 0.29) is 10.6 Å². The Balaban J connectivity index is 2.44. The molecule has 2 aromatic carbocycles. The van der Waals surface area contributed by atoms with Crippen LogP contribution in [0.15, 0.2) is 45.8 Å². The Morgan fingerprint density at radius 3 is 2.60 bits per heavy atom. The molecule has 2 rings (SSSR count). The van der Waals surface area contributed by atoms with Crippen LogP contribution in [0.25, 0.3) is 0 Å². The Morgan fingerprint density at radius 1 is 1.25 bits per heavy atom. The van der Waals surface area contributed by atoms with Crippen molar-refractivity contribution in [3.63, 3.8) is 0 Å². The summed E-state index contributed by atoms with van der Waals surface area (Å²) in [5.41, 5.74) is 6.70. The van der Waals surface area contributed by atoms with Crippen LogP contribution in [-0.2, 0) is 10.0 Å². The SMILES string of the molecule is Cc1cccc(NS(=O)(=O)c2ccc(F)cc2N)c1Br. The lowest BCUT2D eigenvalue weighted by molar-refractivity contribution is 0.600. The number of hydrogen-bond donors (Lipinski definition) is 2. The number of sulfonamides is 1. The van der Waals surface area contributed by atoms with Crippen LogP contribution in [0, 0.1) is 12.7 Å². The Kier molecular flexibility index (Phi) is 4.01. The molecule has 0 aromatic heterocycles. The molecule has 0 radical (unpaired) electrons. The Hall–Kier alpha value is -1.60. The van der Waals surface area contributed by atoms with Gasteiger partial charge in [-0.2, -0.15) is 0 Å². The average molecular weight is 359 g/mol. The lowest BCUT2D eigenvalue weighted by Crippen LogP contribution is -2.15. The maximum absolute atomic E-state index is 13.0. The number of benzene rings is 2. The molecular formula is C13H12BrFN2O2S. The summed E-state index contributed by atoms with van der Waals surface area (Å²) in [5, 5.41) is 0. The fourth-order valence-corrected chi connectivity index (χ4v) is 3.37. The van der Waals surface area contributed by atoms with Gasteiger partial charge in [0.1, 0.15) is 10.7 Å². The third-order valence-electron chi connectivity index (χ3n) is 2.70. The molecule has 0 aliphatic carbocycles. The van der Waals surface area contributed by atoms with E-state index in [2.05, 4.69) is 20.7 Å². The molecule has 0 fully saturated rings. The monoisotopic (exact) mass is 358 g/mol. The number of rotatable bonds is 3. The normalized spacial score (nSPS) is 11.3. The molecule has 0 saturated heterocycles. The minimum atomic E-state index is -3.87. The van der Waals surface area contributed by atoms with Gasteiger partial charge in [-0.25, -0.2) is 12.8 Å². The molecule has 0 amide bonds. The van der Waals surface area contributed by atoms with E-state index in [4.69, 9.17) is 5.73 Å². The van der Waals surface area contributed by atoms with Gasteiger partial charge in [-0.3, -0.25) is 4.72 Å². The third kappa shape index (κ3) is 2.94. The van der Waals surface area contributed by atoms with Crippen LogP contribution >= 0.6 is 15.9 Å². The van der Waals surface area contributed by atoms with Crippen molar-refractivity contribution in [2.75, 3.05) is 10.5 Å². The number of nitrogens with two attached hydrogens (primary N) is 1. The highest BCUT2D eigenvalue weighted by Gasteiger charge is 2.19. The predicted molar refractivity (Wildman–Crippen MR) is 80.5 cm³/mol. The molecule has 0 heterocycles. The van der Waals surface area contributed by atoms with E-state index in [1.165, 1.54) is 0 Å². The molecule has 4 nitrogen and oxygen atoms in total. The summed E-state index contributed by atoms with van der Waals surface area (Å²) in [6, 6.07) is 8.35. The minimum absolute atomic E-state index is 0.138. The van der Waals surface area contributed by atoms with Crippen LogP contribution in [0.3, 0.4) is 0 Å². The van der Waals surface area contributed by atoms with Gasteiger partial charge in [-0.15, -0.1) is 0 Å². The molecule has 0 aliphatic heterocycles. The van der Waals surface area contributed by atoms with Crippen LogP contribution in [0.1, 0.15) is 5.56 Å². The minimum Gasteiger partial charge on any atom is -0.398 e. The van der Waals surface area contributed by atoms with Gasteiger partial charge in [0.05, 0.1) is 11.4 Å². The number of nitrogens with one attached hydrogen (secondary N) is 1. The van der Waals surface area contributed by atoms with Crippen LogP contribution in [0.4, 0.5) is 15.8 Å². The van der Waals surface area contributed by atoms with Gasteiger partial charge in [0.25, 0.3) is 10.0 Å². The van der Waals surface area contributed by atoms with Crippen molar-refractivity contribution in [2.24, 2.45) is 0 Å². The highest BCUT2D eigenvalue weighted by molar-refractivity contribution is 9.10.